The third-order valence-electron chi connectivity index (χ3n) is 8.92. The van der Waals surface area contributed by atoms with Crippen LogP contribution >= 0.6 is 7.82 Å². The van der Waals surface area contributed by atoms with Crippen molar-refractivity contribution < 1.29 is 37.6 Å². The van der Waals surface area contributed by atoms with Gasteiger partial charge in [0.25, 0.3) is 0 Å². The lowest BCUT2D eigenvalue weighted by Crippen LogP contribution is -2.29. The van der Waals surface area contributed by atoms with Gasteiger partial charge in [-0.05, 0) is 77.6 Å². The number of rotatable bonds is 39. The van der Waals surface area contributed by atoms with E-state index in [0.29, 0.717) is 6.42 Å². The monoisotopic (exact) mass is 755 g/mol. The van der Waals surface area contributed by atoms with Gasteiger partial charge < -0.3 is 14.4 Å². The van der Waals surface area contributed by atoms with Crippen molar-refractivity contribution in [2.45, 2.75) is 207 Å². The molecule has 0 rings (SSSR count). The van der Waals surface area contributed by atoms with Gasteiger partial charge in [-0.2, -0.15) is 0 Å². The summed E-state index contributed by atoms with van der Waals surface area (Å²) in [7, 11) is -4.28. The molecule has 0 aromatic carbocycles. The number of hydrogen-bond donors (Lipinski definition) is 1. The number of allylic oxidation sites excluding steroid dienone is 6. The minimum atomic E-state index is -4.28. The van der Waals surface area contributed by atoms with Crippen molar-refractivity contribution in [3.05, 3.63) is 36.5 Å². The third kappa shape index (κ3) is 38.0. The van der Waals surface area contributed by atoms with E-state index in [9.17, 15) is 19.0 Å². The van der Waals surface area contributed by atoms with Crippen molar-refractivity contribution in [1.82, 2.24) is 0 Å². The van der Waals surface area contributed by atoms with Crippen molar-refractivity contribution in [2.75, 3.05) is 19.8 Å². The van der Waals surface area contributed by atoms with E-state index in [1.807, 2.05) is 0 Å². The molecule has 9 heteroatoms. The lowest BCUT2D eigenvalue weighted by molar-refractivity contribution is -0.161. The fourth-order valence-corrected chi connectivity index (χ4v) is 6.53. The second kappa shape index (κ2) is 39.0. The normalized spacial score (nSPS) is 13.7. The van der Waals surface area contributed by atoms with Crippen molar-refractivity contribution in [1.29, 1.82) is 0 Å². The number of carbonyl (C=O) groups is 2. The molecule has 8 nitrogen and oxygen atoms in total. The summed E-state index contributed by atoms with van der Waals surface area (Å²) in [5.41, 5.74) is 0. The van der Waals surface area contributed by atoms with E-state index in [1.54, 1.807) is 6.92 Å². The number of phosphoric acid groups is 1. The fraction of sp³-hybridized carbons (Fsp3) is 0.814. The van der Waals surface area contributed by atoms with E-state index < -0.39 is 26.5 Å². The first-order valence-corrected chi connectivity index (χ1v) is 22.8. The molecule has 0 radical (unpaired) electrons. The van der Waals surface area contributed by atoms with E-state index in [4.69, 9.17) is 18.5 Å². The molecule has 2 unspecified atom stereocenters. The Hall–Kier alpha value is -1.73. The highest BCUT2D eigenvalue weighted by molar-refractivity contribution is 7.47. The maximum absolute atomic E-state index is 12.5. The molecule has 0 heterocycles. The average molecular weight is 755 g/mol. The molecule has 0 spiro atoms. The van der Waals surface area contributed by atoms with E-state index >= 15 is 0 Å². The van der Waals surface area contributed by atoms with Gasteiger partial charge in [0.1, 0.15) is 6.61 Å². The smallest absolute Gasteiger partial charge is 0.462 e. The van der Waals surface area contributed by atoms with Gasteiger partial charge in [-0.15, -0.1) is 0 Å². The number of hydrogen-bond acceptors (Lipinski definition) is 7. The van der Waals surface area contributed by atoms with Crippen LogP contribution in [-0.2, 0) is 32.7 Å². The van der Waals surface area contributed by atoms with Crippen molar-refractivity contribution in [2.24, 2.45) is 0 Å². The Morgan fingerprint density at radius 3 is 1.40 bits per heavy atom. The molecule has 304 valence electrons. The molecule has 0 amide bonds. The summed E-state index contributed by atoms with van der Waals surface area (Å²) in [6.07, 6.45) is 43.3. The van der Waals surface area contributed by atoms with Crippen molar-refractivity contribution in [3.8, 4) is 0 Å². The number of phosphoric ester groups is 1. The Bertz CT molecular complexity index is 947. The lowest BCUT2D eigenvalue weighted by Gasteiger charge is -2.19. The van der Waals surface area contributed by atoms with Gasteiger partial charge in [-0.1, -0.05) is 147 Å². The van der Waals surface area contributed by atoms with E-state index in [0.717, 1.165) is 77.0 Å². The zero-order valence-electron chi connectivity index (χ0n) is 33.7. The summed E-state index contributed by atoms with van der Waals surface area (Å²) in [5, 5.41) is 0. The minimum Gasteiger partial charge on any atom is -0.462 e. The van der Waals surface area contributed by atoms with Gasteiger partial charge in [0.05, 0.1) is 13.2 Å². The van der Waals surface area contributed by atoms with Crippen LogP contribution in [0.25, 0.3) is 0 Å². The molecule has 0 aliphatic rings. The van der Waals surface area contributed by atoms with E-state index in [1.165, 1.54) is 83.5 Å². The largest absolute Gasteiger partial charge is 0.472 e. The molecule has 0 aliphatic carbocycles. The molecule has 2 atom stereocenters. The Morgan fingerprint density at radius 2 is 0.923 bits per heavy atom. The number of ether oxygens (including phenoxy) is 2. The highest BCUT2D eigenvalue weighted by Crippen LogP contribution is 2.43. The Kier molecular flexibility index (Phi) is 37.7. The fourth-order valence-electron chi connectivity index (χ4n) is 5.77. The SMILES string of the molecule is CCCCCC/C=C\C/C=C\CCCCCCCC(=O)OC(COC(=O)CCCCCCC/C=C\CCCCCCCCC)COP(=O)(O)OCC. The maximum atomic E-state index is 12.5. The van der Waals surface area contributed by atoms with E-state index in [2.05, 4.69) is 50.3 Å². The Balaban J connectivity index is 4.13. The second-order valence-corrected chi connectivity index (χ2v) is 15.5. The predicted octanol–water partition coefficient (Wildman–Crippen LogP) is 13.2. The van der Waals surface area contributed by atoms with Gasteiger partial charge in [-0.3, -0.25) is 18.6 Å². The molecule has 0 saturated carbocycles. The quantitative estimate of drug-likeness (QED) is 0.0286. The highest BCUT2D eigenvalue weighted by Gasteiger charge is 2.25. The van der Waals surface area contributed by atoms with Crippen LogP contribution in [0, 0.1) is 0 Å². The Labute approximate surface area is 319 Å². The first kappa shape index (κ1) is 50.3. The number of carbonyl (C=O) groups excluding carboxylic acids is 2. The van der Waals surface area contributed by atoms with Crippen LogP contribution in [0.5, 0.6) is 0 Å². The predicted molar refractivity (Wildman–Crippen MR) is 216 cm³/mol. The van der Waals surface area contributed by atoms with Crippen LogP contribution in [0.4, 0.5) is 0 Å². The molecule has 0 fully saturated rings. The summed E-state index contributed by atoms with van der Waals surface area (Å²) < 4.78 is 32.6. The number of esters is 2. The van der Waals surface area contributed by atoms with Crippen LogP contribution in [0.2, 0.25) is 0 Å². The maximum Gasteiger partial charge on any atom is 0.472 e. The van der Waals surface area contributed by atoms with Crippen LogP contribution in [-0.4, -0.2) is 42.8 Å². The molecule has 0 bridgehead atoms. The standard InChI is InChI=1S/C43H79O8P/c1-4-7-9-11-13-15-17-19-21-23-25-27-29-31-33-35-37-42(44)48-39-41(40-50-52(46,47)49-6-3)51-43(45)38-36-34-32-30-28-26-24-22-20-18-16-14-12-10-8-5-2/h16,18,21-24,41H,4-15,17,19-20,25-40H2,1-3H3,(H,46,47)/b18-16-,23-21-,24-22-. The van der Waals surface area contributed by atoms with E-state index in [-0.39, 0.29) is 32.0 Å². The van der Waals surface area contributed by atoms with Crippen LogP contribution in [0.1, 0.15) is 201 Å². The molecule has 52 heavy (non-hydrogen) atoms. The van der Waals surface area contributed by atoms with Gasteiger partial charge >= 0.3 is 19.8 Å². The van der Waals surface area contributed by atoms with Gasteiger partial charge in [0.15, 0.2) is 6.10 Å². The molecule has 0 aromatic heterocycles. The van der Waals surface area contributed by atoms with Crippen LogP contribution < -0.4 is 0 Å². The van der Waals surface area contributed by atoms with Crippen molar-refractivity contribution >= 4 is 19.8 Å². The lowest BCUT2D eigenvalue weighted by atomic mass is 10.1. The van der Waals surface area contributed by atoms with Gasteiger partial charge in [0, 0.05) is 12.8 Å². The summed E-state index contributed by atoms with van der Waals surface area (Å²) in [5.74, 6) is -0.821. The number of unbranched alkanes of at least 4 members (excludes halogenated alkanes) is 21. The first-order chi connectivity index (χ1) is 25.3. The molecular formula is C43H79O8P. The first-order valence-electron chi connectivity index (χ1n) is 21.3. The van der Waals surface area contributed by atoms with Gasteiger partial charge in [-0.25, -0.2) is 4.57 Å². The van der Waals surface area contributed by atoms with Crippen molar-refractivity contribution in [3.63, 3.8) is 0 Å². The topological polar surface area (TPSA) is 108 Å². The summed E-state index contributed by atoms with van der Waals surface area (Å²) in [6, 6.07) is 0. The van der Waals surface area contributed by atoms with Gasteiger partial charge in [0.2, 0.25) is 0 Å². The summed E-state index contributed by atoms with van der Waals surface area (Å²) >= 11 is 0. The molecule has 0 aromatic rings. The van der Waals surface area contributed by atoms with Crippen LogP contribution in [0.15, 0.2) is 36.5 Å². The third-order valence-corrected chi connectivity index (χ3v) is 9.98. The average Bonchev–Trinajstić information content (AvgIpc) is 3.12. The molecule has 1 N–H and O–H groups in total. The Morgan fingerprint density at radius 1 is 0.519 bits per heavy atom. The molecule has 0 aliphatic heterocycles. The minimum absolute atomic E-state index is 0.00386. The molecule has 0 saturated heterocycles. The van der Waals surface area contributed by atoms with Crippen LogP contribution in [0.3, 0.4) is 0 Å². The highest BCUT2D eigenvalue weighted by atomic mass is 31.2. The second-order valence-electron chi connectivity index (χ2n) is 14.0. The zero-order valence-corrected chi connectivity index (χ0v) is 34.6. The molecular weight excluding hydrogens is 675 g/mol. The summed E-state index contributed by atoms with van der Waals surface area (Å²) in [6.45, 7) is 5.43. The zero-order chi connectivity index (χ0) is 38.2. The summed E-state index contributed by atoms with van der Waals surface area (Å²) in [4.78, 5) is 34.7.